The highest BCUT2D eigenvalue weighted by molar-refractivity contribution is 9.10. The molecule has 3 N–H and O–H groups in total. The molecular formula is C16H18BrFN2. The van der Waals surface area contributed by atoms with Gasteiger partial charge in [0.05, 0.1) is 10.5 Å². The molecule has 4 heteroatoms. The van der Waals surface area contributed by atoms with Crippen LogP contribution in [-0.4, -0.2) is 0 Å². The SMILES string of the molecule is Cc1ccc(C)c(CC(NN)c2ccc(Br)c(F)c2)c1. The van der Waals surface area contributed by atoms with Crippen molar-refractivity contribution < 1.29 is 4.39 Å². The summed E-state index contributed by atoms with van der Waals surface area (Å²) in [6.45, 7) is 4.14. The fraction of sp³-hybridized carbons (Fsp3) is 0.250. The average molecular weight is 337 g/mol. The molecule has 0 amide bonds. The van der Waals surface area contributed by atoms with Crippen molar-refractivity contribution in [2.24, 2.45) is 5.84 Å². The van der Waals surface area contributed by atoms with Crippen LogP contribution in [0.25, 0.3) is 0 Å². The van der Waals surface area contributed by atoms with E-state index in [4.69, 9.17) is 5.84 Å². The van der Waals surface area contributed by atoms with E-state index in [0.717, 1.165) is 12.0 Å². The van der Waals surface area contributed by atoms with E-state index in [-0.39, 0.29) is 11.9 Å². The van der Waals surface area contributed by atoms with Crippen LogP contribution in [0, 0.1) is 19.7 Å². The number of hydrogen-bond donors (Lipinski definition) is 2. The van der Waals surface area contributed by atoms with Crippen molar-refractivity contribution in [2.75, 3.05) is 0 Å². The Morgan fingerprint density at radius 1 is 1.20 bits per heavy atom. The first-order valence-corrected chi connectivity index (χ1v) is 7.27. The number of hydrogen-bond acceptors (Lipinski definition) is 2. The molecule has 0 radical (unpaired) electrons. The fourth-order valence-corrected chi connectivity index (χ4v) is 2.49. The van der Waals surface area contributed by atoms with Crippen molar-refractivity contribution in [2.45, 2.75) is 26.3 Å². The Balaban J connectivity index is 2.28. The van der Waals surface area contributed by atoms with Crippen LogP contribution in [-0.2, 0) is 6.42 Å². The van der Waals surface area contributed by atoms with Gasteiger partial charge < -0.3 is 0 Å². The van der Waals surface area contributed by atoms with Crippen molar-refractivity contribution in [3.8, 4) is 0 Å². The van der Waals surface area contributed by atoms with Gasteiger partial charge in [-0.3, -0.25) is 11.3 Å². The van der Waals surface area contributed by atoms with E-state index < -0.39 is 0 Å². The number of nitrogens with one attached hydrogen (secondary N) is 1. The molecule has 0 saturated heterocycles. The smallest absolute Gasteiger partial charge is 0.137 e. The average Bonchev–Trinajstić information content (AvgIpc) is 2.43. The van der Waals surface area contributed by atoms with Gasteiger partial charge in [-0.1, -0.05) is 29.8 Å². The first-order valence-electron chi connectivity index (χ1n) is 6.48. The standard InChI is InChI=1S/C16H18BrFN2/c1-10-3-4-11(2)13(7-10)9-16(20-19)12-5-6-14(17)15(18)8-12/h3-8,16,20H,9,19H2,1-2H3. The van der Waals surface area contributed by atoms with Crippen LogP contribution < -0.4 is 11.3 Å². The predicted octanol–water partition coefficient (Wildman–Crippen LogP) is 3.95. The van der Waals surface area contributed by atoms with Crippen molar-refractivity contribution in [1.29, 1.82) is 0 Å². The van der Waals surface area contributed by atoms with Gasteiger partial charge in [0.1, 0.15) is 5.82 Å². The van der Waals surface area contributed by atoms with Crippen LogP contribution in [0.4, 0.5) is 4.39 Å². The first-order chi connectivity index (χ1) is 9.51. The normalized spacial score (nSPS) is 12.4. The van der Waals surface area contributed by atoms with E-state index in [1.54, 1.807) is 6.07 Å². The molecule has 106 valence electrons. The summed E-state index contributed by atoms with van der Waals surface area (Å²) >= 11 is 3.16. The summed E-state index contributed by atoms with van der Waals surface area (Å²) in [5.41, 5.74) is 7.27. The number of nitrogens with two attached hydrogens (primary N) is 1. The van der Waals surface area contributed by atoms with Crippen LogP contribution in [0.3, 0.4) is 0 Å². The van der Waals surface area contributed by atoms with Gasteiger partial charge in [-0.15, -0.1) is 0 Å². The number of benzene rings is 2. The van der Waals surface area contributed by atoms with Crippen molar-refractivity contribution in [3.05, 3.63) is 68.9 Å². The number of rotatable bonds is 4. The molecule has 0 aliphatic heterocycles. The maximum atomic E-state index is 13.6. The predicted molar refractivity (Wildman–Crippen MR) is 83.8 cm³/mol. The maximum absolute atomic E-state index is 13.6. The third-order valence-corrected chi connectivity index (χ3v) is 4.12. The number of aryl methyl sites for hydroxylation is 2. The molecule has 0 fully saturated rings. The summed E-state index contributed by atoms with van der Waals surface area (Å²) in [5.74, 6) is 5.37. The molecule has 2 nitrogen and oxygen atoms in total. The van der Waals surface area contributed by atoms with E-state index >= 15 is 0 Å². The minimum atomic E-state index is -0.274. The Kier molecular flexibility index (Phi) is 4.91. The Hall–Kier alpha value is -1.23. The van der Waals surface area contributed by atoms with Gasteiger partial charge in [-0.25, -0.2) is 4.39 Å². The van der Waals surface area contributed by atoms with Gasteiger partial charge in [-0.05, 0) is 65.0 Å². The zero-order valence-electron chi connectivity index (χ0n) is 11.6. The summed E-state index contributed by atoms with van der Waals surface area (Å²) in [6, 6.07) is 11.3. The lowest BCUT2D eigenvalue weighted by Crippen LogP contribution is -2.29. The van der Waals surface area contributed by atoms with Gasteiger partial charge >= 0.3 is 0 Å². The molecule has 0 aromatic heterocycles. The van der Waals surface area contributed by atoms with Gasteiger partial charge in [0.2, 0.25) is 0 Å². The molecule has 0 bridgehead atoms. The zero-order chi connectivity index (χ0) is 14.7. The lowest BCUT2D eigenvalue weighted by Gasteiger charge is -2.18. The van der Waals surface area contributed by atoms with E-state index in [1.165, 1.54) is 22.8 Å². The zero-order valence-corrected chi connectivity index (χ0v) is 13.2. The third-order valence-electron chi connectivity index (χ3n) is 3.48. The van der Waals surface area contributed by atoms with Crippen molar-refractivity contribution >= 4 is 15.9 Å². The molecule has 0 saturated carbocycles. The highest BCUT2D eigenvalue weighted by Crippen LogP contribution is 2.24. The molecule has 1 unspecified atom stereocenters. The maximum Gasteiger partial charge on any atom is 0.137 e. The second-order valence-electron chi connectivity index (χ2n) is 5.03. The summed E-state index contributed by atoms with van der Waals surface area (Å²) in [7, 11) is 0. The Morgan fingerprint density at radius 3 is 2.60 bits per heavy atom. The van der Waals surface area contributed by atoms with E-state index in [1.807, 2.05) is 6.07 Å². The largest absolute Gasteiger partial charge is 0.271 e. The molecule has 2 aromatic carbocycles. The van der Waals surface area contributed by atoms with E-state index in [9.17, 15) is 4.39 Å². The molecule has 2 aromatic rings. The highest BCUT2D eigenvalue weighted by Gasteiger charge is 2.14. The summed E-state index contributed by atoms with van der Waals surface area (Å²) in [5, 5.41) is 0. The molecule has 1 atom stereocenters. The second-order valence-corrected chi connectivity index (χ2v) is 5.88. The van der Waals surface area contributed by atoms with Gasteiger partial charge in [0.25, 0.3) is 0 Å². The van der Waals surface area contributed by atoms with Crippen LogP contribution in [0.15, 0.2) is 40.9 Å². The van der Waals surface area contributed by atoms with E-state index in [2.05, 4.69) is 53.4 Å². The number of halogens is 2. The minimum Gasteiger partial charge on any atom is -0.271 e. The Bertz CT molecular complexity index is 613. The van der Waals surface area contributed by atoms with Crippen LogP contribution in [0.5, 0.6) is 0 Å². The minimum absolute atomic E-state index is 0.113. The topological polar surface area (TPSA) is 38.0 Å². The summed E-state index contributed by atoms with van der Waals surface area (Å²) in [4.78, 5) is 0. The van der Waals surface area contributed by atoms with Crippen molar-refractivity contribution in [1.82, 2.24) is 5.43 Å². The molecule has 0 heterocycles. The first kappa shape index (κ1) is 15.2. The lowest BCUT2D eigenvalue weighted by atomic mass is 9.95. The molecular weight excluding hydrogens is 319 g/mol. The lowest BCUT2D eigenvalue weighted by molar-refractivity contribution is 0.542. The van der Waals surface area contributed by atoms with Gasteiger partial charge in [0.15, 0.2) is 0 Å². The number of hydrazine groups is 1. The highest BCUT2D eigenvalue weighted by atomic mass is 79.9. The van der Waals surface area contributed by atoms with Gasteiger partial charge in [0, 0.05) is 0 Å². The van der Waals surface area contributed by atoms with Crippen molar-refractivity contribution in [3.63, 3.8) is 0 Å². The van der Waals surface area contributed by atoms with E-state index in [0.29, 0.717) is 4.47 Å². The van der Waals surface area contributed by atoms with Crippen LogP contribution in [0.1, 0.15) is 28.3 Å². The monoisotopic (exact) mass is 336 g/mol. The third kappa shape index (κ3) is 3.45. The molecule has 20 heavy (non-hydrogen) atoms. The fourth-order valence-electron chi connectivity index (χ4n) is 2.24. The Morgan fingerprint density at radius 2 is 1.95 bits per heavy atom. The molecule has 0 aliphatic carbocycles. The molecule has 2 rings (SSSR count). The van der Waals surface area contributed by atoms with Crippen LogP contribution in [0.2, 0.25) is 0 Å². The summed E-state index contributed by atoms with van der Waals surface area (Å²) in [6.07, 6.45) is 0.727. The quantitative estimate of drug-likeness (QED) is 0.655. The summed E-state index contributed by atoms with van der Waals surface area (Å²) < 4.78 is 14.1. The van der Waals surface area contributed by atoms with Gasteiger partial charge in [-0.2, -0.15) is 0 Å². The molecule has 0 spiro atoms. The van der Waals surface area contributed by atoms with Crippen LogP contribution >= 0.6 is 15.9 Å². The molecule has 0 aliphatic rings. The Labute approximate surface area is 127 Å². The second kappa shape index (κ2) is 6.48.